The van der Waals surface area contributed by atoms with Gasteiger partial charge in [-0.25, -0.2) is 9.59 Å². The van der Waals surface area contributed by atoms with E-state index in [1.807, 2.05) is 16.8 Å². The van der Waals surface area contributed by atoms with Crippen LogP contribution in [0.15, 0.2) is 16.8 Å². The average Bonchev–Trinajstić information content (AvgIpc) is 2.77. The van der Waals surface area contributed by atoms with Gasteiger partial charge in [-0.15, -0.1) is 0 Å². The number of carbonyl (C=O) groups is 2. The molecule has 0 saturated heterocycles. The molecular weight excluding hydrogens is 244 g/mol. The molecule has 3 N–H and O–H groups in total. The Morgan fingerprint density at radius 1 is 1.59 bits per heavy atom. The molecule has 2 amide bonds. The highest BCUT2D eigenvalue weighted by Gasteiger charge is 2.20. The molecule has 17 heavy (non-hydrogen) atoms. The molecule has 0 aliphatic heterocycles. The highest BCUT2D eigenvalue weighted by molar-refractivity contribution is 7.07. The van der Waals surface area contributed by atoms with Crippen LogP contribution in [0.4, 0.5) is 4.79 Å². The summed E-state index contributed by atoms with van der Waals surface area (Å²) in [4.78, 5) is 23.6. The lowest BCUT2D eigenvalue weighted by Gasteiger charge is -2.19. The third-order valence-electron chi connectivity index (χ3n) is 2.12. The number of aliphatic hydroxyl groups excluding tert-OH is 1. The molecule has 0 aromatic carbocycles. The van der Waals surface area contributed by atoms with Gasteiger partial charge in [0.15, 0.2) is 6.04 Å². The van der Waals surface area contributed by atoms with Gasteiger partial charge in [-0.2, -0.15) is 11.3 Å². The number of nitrogens with zero attached hydrogens (tertiary/aromatic N) is 1. The number of amides is 2. The Kier molecular flexibility index (Phi) is 4.92. The van der Waals surface area contributed by atoms with Crippen LogP contribution in [0.5, 0.6) is 0 Å². The minimum Gasteiger partial charge on any atom is -0.480 e. The maximum Gasteiger partial charge on any atom is 0.328 e. The van der Waals surface area contributed by atoms with Crippen LogP contribution in [0, 0.1) is 0 Å². The van der Waals surface area contributed by atoms with E-state index in [4.69, 9.17) is 10.2 Å². The number of nitrogens with one attached hydrogen (secondary N) is 1. The summed E-state index contributed by atoms with van der Waals surface area (Å²) in [7, 11) is 1.56. The number of aliphatic carboxylic acids is 1. The predicted molar refractivity (Wildman–Crippen MR) is 62.8 cm³/mol. The Morgan fingerprint density at radius 3 is 2.76 bits per heavy atom. The van der Waals surface area contributed by atoms with Gasteiger partial charge >= 0.3 is 12.0 Å². The monoisotopic (exact) mass is 258 g/mol. The molecular formula is C10H14N2O4S. The zero-order chi connectivity index (χ0) is 12.8. The van der Waals surface area contributed by atoms with Crippen LogP contribution in [-0.4, -0.2) is 46.8 Å². The topological polar surface area (TPSA) is 89.9 Å². The minimum absolute atomic E-state index is 0.396. The highest BCUT2D eigenvalue weighted by atomic mass is 32.1. The lowest BCUT2D eigenvalue weighted by Crippen LogP contribution is -2.48. The van der Waals surface area contributed by atoms with E-state index in [2.05, 4.69) is 5.32 Å². The van der Waals surface area contributed by atoms with Crippen molar-refractivity contribution < 1.29 is 19.8 Å². The number of carbonyl (C=O) groups excluding carboxylic acids is 1. The van der Waals surface area contributed by atoms with Crippen molar-refractivity contribution in [2.24, 2.45) is 0 Å². The van der Waals surface area contributed by atoms with Crippen LogP contribution in [-0.2, 0) is 11.3 Å². The summed E-state index contributed by atoms with van der Waals surface area (Å²) >= 11 is 1.52. The Morgan fingerprint density at radius 2 is 2.29 bits per heavy atom. The number of carboxylic acids is 1. The molecule has 1 aromatic rings. The SMILES string of the molecule is CN(Cc1ccsc1)C(=O)N[C@@H](CO)C(=O)O. The van der Waals surface area contributed by atoms with Gasteiger partial charge in [0.2, 0.25) is 0 Å². The first-order valence-corrected chi connectivity index (χ1v) is 5.85. The largest absolute Gasteiger partial charge is 0.480 e. The van der Waals surface area contributed by atoms with Gasteiger partial charge in [0, 0.05) is 13.6 Å². The van der Waals surface area contributed by atoms with Crippen molar-refractivity contribution in [1.29, 1.82) is 0 Å². The van der Waals surface area contributed by atoms with E-state index < -0.39 is 24.6 Å². The average molecular weight is 258 g/mol. The molecule has 7 heteroatoms. The van der Waals surface area contributed by atoms with Crippen LogP contribution >= 0.6 is 11.3 Å². The Hall–Kier alpha value is -1.60. The Labute approximate surface area is 102 Å². The van der Waals surface area contributed by atoms with Crippen molar-refractivity contribution in [2.45, 2.75) is 12.6 Å². The van der Waals surface area contributed by atoms with Crippen LogP contribution in [0.1, 0.15) is 5.56 Å². The molecule has 1 atom stereocenters. The van der Waals surface area contributed by atoms with Crippen molar-refractivity contribution in [3.8, 4) is 0 Å². The predicted octanol–water partition coefficient (Wildman–Crippen LogP) is 0.335. The van der Waals surface area contributed by atoms with E-state index >= 15 is 0 Å². The molecule has 0 aliphatic rings. The highest BCUT2D eigenvalue weighted by Crippen LogP contribution is 2.08. The lowest BCUT2D eigenvalue weighted by atomic mass is 10.3. The summed E-state index contributed by atoms with van der Waals surface area (Å²) in [6.45, 7) is -0.236. The summed E-state index contributed by atoms with van der Waals surface area (Å²) in [5.41, 5.74) is 0.975. The summed E-state index contributed by atoms with van der Waals surface area (Å²) in [6.07, 6.45) is 0. The van der Waals surface area contributed by atoms with Crippen molar-refractivity contribution in [2.75, 3.05) is 13.7 Å². The van der Waals surface area contributed by atoms with E-state index in [0.29, 0.717) is 6.54 Å². The number of aliphatic hydroxyl groups is 1. The van der Waals surface area contributed by atoms with Crippen molar-refractivity contribution in [3.05, 3.63) is 22.4 Å². The first-order valence-electron chi connectivity index (χ1n) is 4.91. The molecule has 0 fully saturated rings. The second-order valence-corrected chi connectivity index (χ2v) is 4.29. The van der Waals surface area contributed by atoms with Crippen LogP contribution < -0.4 is 5.32 Å². The molecule has 94 valence electrons. The fourth-order valence-electron chi connectivity index (χ4n) is 1.17. The molecule has 0 aliphatic carbocycles. The number of hydrogen-bond acceptors (Lipinski definition) is 4. The third-order valence-corrected chi connectivity index (χ3v) is 2.86. The van der Waals surface area contributed by atoms with Gasteiger partial charge in [-0.05, 0) is 22.4 Å². The number of carboxylic acid groups (broad SMARTS) is 1. The van der Waals surface area contributed by atoms with Crippen molar-refractivity contribution >= 4 is 23.3 Å². The van der Waals surface area contributed by atoms with Gasteiger partial charge < -0.3 is 20.4 Å². The standard InChI is InChI=1S/C10H14N2O4S/c1-12(4-7-2-3-17-6-7)10(16)11-8(5-13)9(14)15/h2-3,6,8,13H,4-5H2,1H3,(H,11,16)(H,14,15)/t8-/m0/s1. The Balaban J connectivity index is 2.49. The van der Waals surface area contributed by atoms with E-state index in [1.165, 1.54) is 16.2 Å². The Bertz CT molecular complexity index is 380. The normalized spacial score (nSPS) is 11.9. The van der Waals surface area contributed by atoms with E-state index in [1.54, 1.807) is 7.05 Å². The van der Waals surface area contributed by atoms with Gasteiger partial charge in [-0.1, -0.05) is 0 Å². The summed E-state index contributed by atoms with van der Waals surface area (Å²) in [6, 6.07) is 0.0832. The summed E-state index contributed by atoms with van der Waals surface area (Å²) in [5.74, 6) is -1.26. The van der Waals surface area contributed by atoms with Gasteiger partial charge in [0.05, 0.1) is 6.61 Å². The van der Waals surface area contributed by atoms with E-state index in [9.17, 15) is 9.59 Å². The molecule has 0 bridgehead atoms. The number of thiophene rings is 1. The van der Waals surface area contributed by atoms with Gasteiger partial charge in [0.25, 0.3) is 0 Å². The van der Waals surface area contributed by atoms with E-state index in [-0.39, 0.29) is 0 Å². The molecule has 0 spiro atoms. The van der Waals surface area contributed by atoms with Crippen molar-refractivity contribution in [1.82, 2.24) is 10.2 Å². The molecule has 0 unspecified atom stereocenters. The lowest BCUT2D eigenvalue weighted by molar-refractivity contribution is -0.140. The molecule has 1 heterocycles. The summed E-state index contributed by atoms with van der Waals surface area (Å²) < 4.78 is 0. The maximum atomic E-state index is 11.6. The second kappa shape index (κ2) is 6.21. The zero-order valence-electron chi connectivity index (χ0n) is 9.29. The molecule has 6 nitrogen and oxygen atoms in total. The smallest absolute Gasteiger partial charge is 0.328 e. The summed E-state index contributed by atoms with van der Waals surface area (Å²) in [5, 5.41) is 23.5. The number of hydrogen-bond donors (Lipinski definition) is 3. The first kappa shape index (κ1) is 13.5. The molecule has 1 aromatic heterocycles. The second-order valence-electron chi connectivity index (χ2n) is 3.51. The van der Waals surface area contributed by atoms with Crippen LogP contribution in [0.2, 0.25) is 0 Å². The van der Waals surface area contributed by atoms with Crippen LogP contribution in [0.3, 0.4) is 0 Å². The van der Waals surface area contributed by atoms with E-state index in [0.717, 1.165) is 5.56 Å². The van der Waals surface area contributed by atoms with Gasteiger partial charge in [0.1, 0.15) is 0 Å². The number of urea groups is 1. The molecule has 0 radical (unpaired) electrons. The van der Waals surface area contributed by atoms with Crippen molar-refractivity contribution in [3.63, 3.8) is 0 Å². The van der Waals surface area contributed by atoms with Crippen LogP contribution in [0.25, 0.3) is 0 Å². The maximum absolute atomic E-state index is 11.6. The van der Waals surface area contributed by atoms with Gasteiger partial charge in [-0.3, -0.25) is 0 Å². The fourth-order valence-corrected chi connectivity index (χ4v) is 1.83. The number of rotatable bonds is 5. The first-order chi connectivity index (χ1) is 8.04. The fraction of sp³-hybridized carbons (Fsp3) is 0.400. The minimum atomic E-state index is -1.27. The third kappa shape index (κ3) is 4.04. The zero-order valence-corrected chi connectivity index (χ0v) is 10.1. The molecule has 0 saturated carbocycles. The molecule has 1 rings (SSSR count). The quantitative estimate of drug-likeness (QED) is 0.710.